The maximum absolute atomic E-state index is 13.5. The van der Waals surface area contributed by atoms with Crippen LogP contribution in [0.4, 0.5) is 10.2 Å². The summed E-state index contributed by atoms with van der Waals surface area (Å²) in [6, 6.07) is 2.53. The van der Waals surface area contributed by atoms with Crippen molar-refractivity contribution < 1.29 is 14.4 Å². The molecule has 1 aromatic rings. The van der Waals surface area contributed by atoms with Crippen LogP contribution in [0.2, 0.25) is 5.02 Å². The Morgan fingerprint density at radius 2 is 2.12 bits per heavy atom. The quantitative estimate of drug-likeness (QED) is 0.413. The molecule has 1 aliphatic heterocycles. The Kier molecular flexibility index (Phi) is 6.45. The molecular weight excluding hydrogens is 359 g/mol. The van der Waals surface area contributed by atoms with Gasteiger partial charge in [-0.1, -0.05) is 30.9 Å². The molecule has 8 heteroatoms. The van der Waals surface area contributed by atoms with Crippen LogP contribution in [0, 0.1) is 0 Å². The van der Waals surface area contributed by atoms with Crippen molar-refractivity contribution in [2.75, 3.05) is 18.4 Å². The first-order valence-electron chi connectivity index (χ1n) is 9.04. The minimum atomic E-state index is -1.21. The highest BCUT2D eigenvalue weighted by atomic mass is 35.5. The third kappa shape index (κ3) is 4.72. The molecule has 0 aromatic carbocycles. The van der Waals surface area contributed by atoms with Gasteiger partial charge in [0.15, 0.2) is 5.83 Å². The number of anilines is 1. The van der Waals surface area contributed by atoms with Crippen molar-refractivity contribution in [2.45, 2.75) is 50.6 Å². The first kappa shape index (κ1) is 19.1. The van der Waals surface area contributed by atoms with Gasteiger partial charge in [0.25, 0.3) is 0 Å². The van der Waals surface area contributed by atoms with Gasteiger partial charge in [0, 0.05) is 31.4 Å². The van der Waals surface area contributed by atoms with Gasteiger partial charge >= 0.3 is 5.91 Å². The third-order valence-corrected chi connectivity index (χ3v) is 5.41. The van der Waals surface area contributed by atoms with Gasteiger partial charge in [-0.05, 0) is 37.0 Å². The third-order valence-electron chi connectivity index (χ3n) is 5.13. The Morgan fingerprint density at radius 3 is 2.81 bits per heavy atom. The lowest BCUT2D eigenvalue weighted by Gasteiger charge is -2.31. The van der Waals surface area contributed by atoms with Crippen molar-refractivity contribution in [3.63, 3.8) is 0 Å². The van der Waals surface area contributed by atoms with E-state index in [1.807, 2.05) is 0 Å². The monoisotopic (exact) mass is 382 g/mol. The molecule has 1 saturated heterocycles. The van der Waals surface area contributed by atoms with Gasteiger partial charge in [-0.15, -0.1) is 0 Å². The molecule has 26 heavy (non-hydrogen) atoms. The van der Waals surface area contributed by atoms with E-state index in [9.17, 15) is 9.18 Å². The minimum absolute atomic E-state index is 0.292. The Hall–Kier alpha value is -1.70. The second-order valence-corrected chi connectivity index (χ2v) is 7.36. The molecule has 2 fully saturated rings. The minimum Gasteiger partial charge on any atom is -0.365 e. The van der Waals surface area contributed by atoms with Gasteiger partial charge in [0.05, 0.1) is 5.02 Å². The van der Waals surface area contributed by atoms with E-state index in [0.29, 0.717) is 28.5 Å². The topological polar surface area (TPSA) is 77.5 Å². The summed E-state index contributed by atoms with van der Waals surface area (Å²) < 4.78 is 13.5. The number of rotatable bonds is 5. The molecule has 2 aliphatic rings. The lowest BCUT2D eigenvalue weighted by Crippen LogP contribution is -2.36. The lowest BCUT2D eigenvalue weighted by molar-refractivity contribution is -0.126. The zero-order valence-electron chi connectivity index (χ0n) is 14.5. The number of hydroxylamine groups is 1. The number of hydrogen-bond donors (Lipinski definition) is 3. The normalized spacial score (nSPS) is 22.4. The highest BCUT2D eigenvalue weighted by Crippen LogP contribution is 2.28. The van der Waals surface area contributed by atoms with Crippen molar-refractivity contribution in [1.82, 2.24) is 15.4 Å². The van der Waals surface area contributed by atoms with Crippen molar-refractivity contribution >= 4 is 29.4 Å². The molecule has 0 unspecified atom stereocenters. The van der Waals surface area contributed by atoms with E-state index in [2.05, 4.69) is 15.2 Å². The van der Waals surface area contributed by atoms with Crippen LogP contribution in [0.3, 0.4) is 0 Å². The predicted octanol–water partition coefficient (Wildman–Crippen LogP) is 3.37. The summed E-state index contributed by atoms with van der Waals surface area (Å²) in [5.74, 6) is -1.77. The van der Waals surface area contributed by atoms with E-state index < -0.39 is 11.7 Å². The second kappa shape index (κ2) is 8.79. The number of hydrogen-bond acceptors (Lipinski definition) is 5. The molecule has 6 nitrogen and oxygen atoms in total. The second-order valence-electron chi connectivity index (χ2n) is 6.95. The van der Waals surface area contributed by atoms with Crippen LogP contribution in [0.25, 0.3) is 6.08 Å². The molecule has 142 valence electrons. The van der Waals surface area contributed by atoms with Gasteiger partial charge in [-0.25, -0.2) is 14.9 Å². The number of nitrogens with zero attached hydrogens (tertiary/aromatic N) is 2. The molecule has 0 radical (unpaired) electrons. The standard InChI is InChI=1S/C18H24ClFN4O2/c19-15-8-12(9-16(20)18(25)23-26)10-21-17(15)22-13-6-7-24(11-13)14-4-2-1-3-5-14/h8-10,13-14,26H,1-7,11H2,(H,21,22)(H,23,25)/b16-9+/t13-/m1/s1. The number of amides is 1. The van der Waals surface area contributed by atoms with E-state index in [-0.39, 0.29) is 0 Å². The zero-order chi connectivity index (χ0) is 18.5. The molecule has 0 spiro atoms. The number of likely N-dealkylation sites (tertiary alicyclic amines) is 1. The van der Waals surface area contributed by atoms with Crippen LogP contribution >= 0.6 is 11.6 Å². The highest BCUT2D eigenvalue weighted by molar-refractivity contribution is 6.33. The number of halogens is 2. The fourth-order valence-corrected chi connectivity index (χ4v) is 4.01. The molecule has 1 atom stereocenters. The van der Waals surface area contributed by atoms with E-state index in [1.54, 1.807) is 0 Å². The van der Waals surface area contributed by atoms with Crippen LogP contribution in [0.1, 0.15) is 44.1 Å². The fourth-order valence-electron chi connectivity index (χ4n) is 3.78. The SMILES string of the molecule is O=C(NO)/C(F)=C\c1cnc(N[C@@H]2CCN(C3CCCCC3)C2)c(Cl)c1. The summed E-state index contributed by atoms with van der Waals surface area (Å²) in [7, 11) is 0. The van der Waals surface area contributed by atoms with Gasteiger partial charge in [-0.3, -0.25) is 14.9 Å². The molecule has 2 heterocycles. The zero-order valence-corrected chi connectivity index (χ0v) is 15.3. The summed E-state index contributed by atoms with van der Waals surface area (Å²) in [5.41, 5.74) is 1.58. The van der Waals surface area contributed by atoms with Crippen molar-refractivity contribution in [1.29, 1.82) is 0 Å². The number of aromatic nitrogens is 1. The molecule has 3 N–H and O–H groups in total. The number of carbonyl (C=O) groups excluding carboxylic acids is 1. The molecule has 1 aliphatic carbocycles. The maximum atomic E-state index is 13.5. The molecule has 3 rings (SSSR count). The largest absolute Gasteiger partial charge is 0.365 e. The van der Waals surface area contributed by atoms with Crippen LogP contribution in [-0.2, 0) is 4.79 Å². The first-order chi connectivity index (χ1) is 12.6. The Morgan fingerprint density at radius 1 is 1.35 bits per heavy atom. The number of pyridine rings is 1. The van der Waals surface area contributed by atoms with E-state index >= 15 is 0 Å². The van der Waals surface area contributed by atoms with Crippen LogP contribution in [0.15, 0.2) is 18.1 Å². The van der Waals surface area contributed by atoms with E-state index in [0.717, 1.165) is 25.6 Å². The Balaban J connectivity index is 1.59. The summed E-state index contributed by atoms with van der Waals surface area (Å²) in [6.07, 6.45) is 10.0. The first-order valence-corrected chi connectivity index (χ1v) is 9.42. The molecular formula is C18H24ClFN4O2. The summed E-state index contributed by atoms with van der Waals surface area (Å²) in [5, 5.41) is 12.2. The van der Waals surface area contributed by atoms with Crippen LogP contribution < -0.4 is 10.8 Å². The van der Waals surface area contributed by atoms with Crippen molar-refractivity contribution in [3.8, 4) is 0 Å². The van der Waals surface area contributed by atoms with Crippen molar-refractivity contribution in [3.05, 3.63) is 28.7 Å². The van der Waals surface area contributed by atoms with Gasteiger partial charge in [0.1, 0.15) is 5.82 Å². The lowest BCUT2D eigenvalue weighted by atomic mass is 9.94. The Bertz CT molecular complexity index is 679. The average molecular weight is 383 g/mol. The summed E-state index contributed by atoms with van der Waals surface area (Å²) in [4.78, 5) is 17.8. The predicted molar refractivity (Wildman–Crippen MR) is 98.7 cm³/mol. The van der Waals surface area contributed by atoms with Crippen molar-refractivity contribution in [2.24, 2.45) is 0 Å². The van der Waals surface area contributed by atoms with Gasteiger partial charge < -0.3 is 5.32 Å². The number of nitrogens with one attached hydrogen (secondary N) is 2. The molecule has 1 amide bonds. The summed E-state index contributed by atoms with van der Waals surface area (Å²) in [6.45, 7) is 2.07. The smallest absolute Gasteiger partial charge is 0.303 e. The van der Waals surface area contributed by atoms with Crippen LogP contribution in [-0.4, -0.2) is 46.2 Å². The molecule has 1 aromatic heterocycles. The molecule has 0 bridgehead atoms. The molecule has 1 saturated carbocycles. The van der Waals surface area contributed by atoms with Crippen LogP contribution in [0.5, 0.6) is 0 Å². The Labute approximate surface area is 157 Å². The summed E-state index contributed by atoms with van der Waals surface area (Å²) >= 11 is 6.25. The average Bonchev–Trinajstić information content (AvgIpc) is 3.12. The van der Waals surface area contributed by atoms with Gasteiger partial charge in [-0.2, -0.15) is 0 Å². The van der Waals surface area contributed by atoms with E-state index in [1.165, 1.54) is 49.8 Å². The number of carbonyl (C=O) groups is 1. The highest BCUT2D eigenvalue weighted by Gasteiger charge is 2.29. The van der Waals surface area contributed by atoms with Gasteiger partial charge in [0.2, 0.25) is 0 Å². The fraction of sp³-hybridized carbons (Fsp3) is 0.556. The maximum Gasteiger partial charge on any atom is 0.303 e. The van der Waals surface area contributed by atoms with E-state index in [4.69, 9.17) is 16.8 Å².